The number of benzene rings is 1. The molecule has 0 aliphatic rings. The molecule has 0 atom stereocenters. The lowest BCUT2D eigenvalue weighted by Crippen LogP contribution is -2.41. The van der Waals surface area contributed by atoms with Crippen LogP contribution in [0.5, 0.6) is 0 Å². The van der Waals surface area contributed by atoms with Gasteiger partial charge in [0.25, 0.3) is 0 Å². The van der Waals surface area contributed by atoms with Crippen LogP contribution in [-0.4, -0.2) is 19.8 Å². The van der Waals surface area contributed by atoms with Gasteiger partial charge in [-0.15, -0.1) is 0 Å². The topological polar surface area (TPSA) is 44.5 Å². The lowest BCUT2D eigenvalue weighted by Gasteiger charge is -2.32. The monoisotopic (exact) mass is 277 g/mol. The Morgan fingerprint density at radius 3 is 2.00 bits per heavy atom. The molecule has 19 heavy (non-hydrogen) atoms. The highest BCUT2D eigenvalue weighted by molar-refractivity contribution is 5.29. The summed E-state index contributed by atoms with van der Waals surface area (Å²) in [6, 6.07) is 4.86. The van der Waals surface area contributed by atoms with Crippen molar-refractivity contribution in [2.24, 2.45) is 5.73 Å². The Bertz CT molecular complexity index is 401. The van der Waals surface area contributed by atoms with E-state index in [2.05, 4.69) is 0 Å². The second-order valence-electron chi connectivity index (χ2n) is 3.90. The Morgan fingerprint density at radius 1 is 1.05 bits per heavy atom. The second-order valence-corrected chi connectivity index (χ2v) is 3.90. The summed E-state index contributed by atoms with van der Waals surface area (Å²) in [4.78, 5) is 0. The zero-order valence-corrected chi connectivity index (χ0v) is 11.0. The largest absolute Gasteiger partial charge is 0.416 e. The van der Waals surface area contributed by atoms with Gasteiger partial charge >= 0.3 is 6.18 Å². The predicted molar refractivity (Wildman–Crippen MR) is 65.4 cm³/mol. The van der Waals surface area contributed by atoms with E-state index in [1.807, 2.05) is 0 Å². The molecule has 6 heteroatoms. The first-order chi connectivity index (χ1) is 8.89. The fraction of sp³-hybridized carbons (Fsp3) is 0.538. The zero-order chi connectivity index (χ0) is 14.5. The van der Waals surface area contributed by atoms with E-state index in [4.69, 9.17) is 15.2 Å². The van der Waals surface area contributed by atoms with Gasteiger partial charge in [0, 0.05) is 18.8 Å². The maximum Gasteiger partial charge on any atom is 0.416 e. The minimum atomic E-state index is -4.41. The Balaban J connectivity index is 3.22. The zero-order valence-electron chi connectivity index (χ0n) is 11.0. The van der Waals surface area contributed by atoms with E-state index in [1.54, 1.807) is 13.8 Å². The normalized spacial score (nSPS) is 12.7. The van der Waals surface area contributed by atoms with Crippen molar-refractivity contribution in [2.45, 2.75) is 25.8 Å². The molecule has 3 nitrogen and oxygen atoms in total. The van der Waals surface area contributed by atoms with Gasteiger partial charge in [-0.2, -0.15) is 13.2 Å². The molecule has 0 aliphatic carbocycles. The van der Waals surface area contributed by atoms with Crippen LogP contribution in [0.25, 0.3) is 0 Å². The minimum Gasteiger partial charge on any atom is -0.345 e. The highest BCUT2D eigenvalue weighted by Gasteiger charge is 2.36. The van der Waals surface area contributed by atoms with Crippen molar-refractivity contribution < 1.29 is 22.6 Å². The summed E-state index contributed by atoms with van der Waals surface area (Å²) in [6.07, 6.45) is -4.41. The summed E-state index contributed by atoms with van der Waals surface area (Å²) >= 11 is 0. The molecule has 0 spiro atoms. The highest BCUT2D eigenvalue weighted by atomic mass is 19.4. The molecule has 108 valence electrons. The Morgan fingerprint density at radius 2 is 1.58 bits per heavy atom. The first kappa shape index (κ1) is 15.9. The van der Waals surface area contributed by atoms with Gasteiger partial charge in [-0.25, -0.2) is 0 Å². The summed E-state index contributed by atoms with van der Waals surface area (Å²) in [5, 5.41) is 0. The van der Waals surface area contributed by atoms with Gasteiger partial charge in [-0.3, -0.25) is 0 Å². The lowest BCUT2D eigenvalue weighted by atomic mass is 10.0. The molecule has 2 N–H and O–H groups in total. The molecule has 1 aromatic carbocycles. The summed E-state index contributed by atoms with van der Waals surface area (Å²) < 4.78 is 49.1. The Kier molecular flexibility index (Phi) is 5.34. The van der Waals surface area contributed by atoms with E-state index in [1.165, 1.54) is 12.1 Å². The maximum atomic E-state index is 12.7. The highest BCUT2D eigenvalue weighted by Crippen LogP contribution is 2.33. The maximum absolute atomic E-state index is 12.7. The summed E-state index contributed by atoms with van der Waals surface area (Å²) in [5.41, 5.74) is 5.16. The van der Waals surface area contributed by atoms with Gasteiger partial charge in [-0.05, 0) is 26.0 Å². The summed E-state index contributed by atoms with van der Waals surface area (Å²) in [7, 11) is 0. The van der Waals surface area contributed by atoms with Crippen molar-refractivity contribution >= 4 is 0 Å². The Hall–Kier alpha value is -1.11. The van der Waals surface area contributed by atoms with E-state index < -0.39 is 17.5 Å². The molecule has 0 radical (unpaired) electrons. The van der Waals surface area contributed by atoms with Gasteiger partial charge in [0.05, 0.1) is 12.1 Å². The third-order valence-electron chi connectivity index (χ3n) is 2.65. The van der Waals surface area contributed by atoms with Gasteiger partial charge in [0.15, 0.2) is 0 Å². The van der Waals surface area contributed by atoms with Crippen molar-refractivity contribution in [3.63, 3.8) is 0 Å². The van der Waals surface area contributed by atoms with Crippen LogP contribution in [0.3, 0.4) is 0 Å². The van der Waals surface area contributed by atoms with Crippen molar-refractivity contribution in [1.29, 1.82) is 0 Å². The molecular weight excluding hydrogens is 259 g/mol. The smallest absolute Gasteiger partial charge is 0.345 e. The molecule has 0 amide bonds. The van der Waals surface area contributed by atoms with Crippen LogP contribution >= 0.6 is 0 Å². The molecule has 0 saturated heterocycles. The summed E-state index contributed by atoms with van der Waals surface area (Å²) in [5.74, 6) is -1.33. The first-order valence-electron chi connectivity index (χ1n) is 6.05. The van der Waals surface area contributed by atoms with Gasteiger partial charge < -0.3 is 15.2 Å². The quantitative estimate of drug-likeness (QED) is 0.813. The van der Waals surface area contributed by atoms with E-state index >= 15 is 0 Å². The third kappa shape index (κ3) is 3.68. The molecular formula is C13H18F3NO2. The van der Waals surface area contributed by atoms with Crippen molar-refractivity contribution in [1.82, 2.24) is 0 Å². The lowest BCUT2D eigenvalue weighted by molar-refractivity contribution is -0.235. The molecule has 0 fully saturated rings. The number of nitrogens with two attached hydrogens (primary N) is 1. The summed E-state index contributed by atoms with van der Waals surface area (Å²) in [6.45, 7) is 3.98. The fourth-order valence-corrected chi connectivity index (χ4v) is 1.84. The van der Waals surface area contributed by atoms with E-state index in [-0.39, 0.29) is 25.3 Å². The van der Waals surface area contributed by atoms with Crippen molar-refractivity contribution in [3.8, 4) is 0 Å². The minimum absolute atomic E-state index is 0.0595. The Labute approximate surface area is 110 Å². The van der Waals surface area contributed by atoms with E-state index in [0.29, 0.717) is 0 Å². The SMILES string of the molecule is CCOC(CN)(OCC)c1cccc(C(F)(F)F)c1. The average molecular weight is 277 g/mol. The predicted octanol–water partition coefficient (Wildman–Crippen LogP) is 2.89. The fourth-order valence-electron chi connectivity index (χ4n) is 1.84. The van der Waals surface area contributed by atoms with Crippen LogP contribution < -0.4 is 5.73 Å². The molecule has 0 aliphatic heterocycles. The first-order valence-corrected chi connectivity index (χ1v) is 6.05. The molecule has 1 rings (SSSR count). The number of hydrogen-bond acceptors (Lipinski definition) is 3. The second kappa shape index (κ2) is 6.36. The molecule has 0 saturated carbocycles. The van der Waals surface area contributed by atoms with Crippen LogP contribution in [0.2, 0.25) is 0 Å². The van der Waals surface area contributed by atoms with Crippen molar-refractivity contribution in [3.05, 3.63) is 35.4 Å². The van der Waals surface area contributed by atoms with Crippen LogP contribution in [0.1, 0.15) is 25.0 Å². The molecule has 0 bridgehead atoms. The number of halogens is 3. The van der Waals surface area contributed by atoms with Crippen LogP contribution in [0.15, 0.2) is 24.3 Å². The number of hydrogen-bond donors (Lipinski definition) is 1. The van der Waals surface area contributed by atoms with Crippen molar-refractivity contribution in [2.75, 3.05) is 19.8 Å². The average Bonchev–Trinajstić information content (AvgIpc) is 2.37. The van der Waals surface area contributed by atoms with Gasteiger partial charge in [0.1, 0.15) is 0 Å². The molecule has 1 aromatic rings. The standard InChI is InChI=1S/C13H18F3NO2/c1-3-18-12(9-17,19-4-2)10-6-5-7-11(8-10)13(14,15)16/h5-8H,3-4,9,17H2,1-2H3. The van der Waals surface area contributed by atoms with Crippen LogP contribution in [0, 0.1) is 0 Å². The molecule has 0 aromatic heterocycles. The number of rotatable bonds is 6. The van der Waals surface area contributed by atoms with E-state index in [0.717, 1.165) is 12.1 Å². The van der Waals surface area contributed by atoms with Crippen LogP contribution in [0.4, 0.5) is 13.2 Å². The van der Waals surface area contributed by atoms with Crippen LogP contribution in [-0.2, 0) is 21.4 Å². The third-order valence-corrected chi connectivity index (χ3v) is 2.65. The number of ether oxygens (including phenoxy) is 2. The van der Waals surface area contributed by atoms with Gasteiger partial charge in [-0.1, -0.05) is 12.1 Å². The molecule has 0 unspecified atom stereocenters. The molecule has 0 heterocycles. The van der Waals surface area contributed by atoms with Gasteiger partial charge in [0.2, 0.25) is 5.79 Å². The number of alkyl halides is 3. The van der Waals surface area contributed by atoms with E-state index in [9.17, 15) is 13.2 Å².